The number of epoxide rings is 2. The quantitative estimate of drug-likeness (QED) is 0.665. The lowest BCUT2D eigenvalue weighted by Crippen LogP contribution is -2.36. The first-order valence-electron chi connectivity index (χ1n) is 6.75. The lowest BCUT2D eigenvalue weighted by molar-refractivity contribution is -0.128. The summed E-state index contributed by atoms with van der Waals surface area (Å²) in [6, 6.07) is 0. The maximum absolute atomic E-state index is 12.0. The molecule has 2 aliphatic heterocycles. The summed E-state index contributed by atoms with van der Waals surface area (Å²) in [5.74, 6) is 2.36. The zero-order valence-corrected chi connectivity index (χ0v) is 9.58. The Morgan fingerprint density at radius 1 is 1.35 bits per heavy atom. The molecule has 2 bridgehead atoms. The fraction of sp³-hybridized carbons (Fsp3) is 0.923. The molecule has 5 rings (SSSR count). The zero-order chi connectivity index (χ0) is 11.1. The van der Waals surface area contributed by atoms with Gasteiger partial charge in [-0.25, -0.2) is 0 Å². The molecule has 2 saturated heterocycles. The summed E-state index contributed by atoms with van der Waals surface area (Å²) in [7, 11) is 0. The van der Waals surface area contributed by atoms with Gasteiger partial charge in [-0.15, -0.1) is 0 Å². The smallest absolute Gasteiger partial charge is 0.167 e. The van der Waals surface area contributed by atoms with E-state index in [0.29, 0.717) is 41.7 Å². The molecule has 0 aromatic carbocycles. The fourth-order valence-corrected chi connectivity index (χ4v) is 4.64. The molecule has 3 aliphatic carbocycles. The van der Waals surface area contributed by atoms with Gasteiger partial charge in [-0.05, 0) is 24.7 Å². The van der Waals surface area contributed by atoms with Crippen LogP contribution in [0.1, 0.15) is 12.8 Å². The molecule has 0 N–H and O–H groups in total. The minimum absolute atomic E-state index is 0.0270. The van der Waals surface area contributed by atoms with E-state index in [1.807, 2.05) is 0 Å². The number of rotatable bonds is 3. The van der Waals surface area contributed by atoms with E-state index in [4.69, 9.17) is 14.2 Å². The number of ketones is 1. The van der Waals surface area contributed by atoms with E-state index in [0.717, 1.165) is 19.6 Å². The number of hydrogen-bond acceptors (Lipinski definition) is 4. The largest absolute Gasteiger partial charge is 0.375 e. The summed E-state index contributed by atoms with van der Waals surface area (Å²) in [6.45, 7) is 1.60. The van der Waals surface area contributed by atoms with E-state index >= 15 is 0 Å². The molecule has 8 unspecified atom stereocenters. The van der Waals surface area contributed by atoms with E-state index in [-0.39, 0.29) is 12.2 Å². The van der Waals surface area contributed by atoms with Crippen molar-refractivity contribution in [3.8, 4) is 0 Å². The molecular formula is C13H16O4. The van der Waals surface area contributed by atoms with Crippen molar-refractivity contribution in [2.24, 2.45) is 23.7 Å². The highest BCUT2D eigenvalue weighted by molar-refractivity contribution is 5.92. The highest BCUT2D eigenvalue weighted by Crippen LogP contribution is 2.63. The first-order valence-corrected chi connectivity index (χ1v) is 6.75. The van der Waals surface area contributed by atoms with Gasteiger partial charge in [-0.2, -0.15) is 0 Å². The number of hydrogen-bond donors (Lipinski definition) is 0. The van der Waals surface area contributed by atoms with Crippen molar-refractivity contribution in [1.29, 1.82) is 0 Å². The summed E-state index contributed by atoms with van der Waals surface area (Å²) < 4.78 is 16.6. The SMILES string of the molecule is O=C1C2OC2C2C3CC(CC3OCC3CO3)C12. The Hall–Kier alpha value is -0.450. The van der Waals surface area contributed by atoms with Gasteiger partial charge in [0.1, 0.15) is 12.2 Å². The lowest BCUT2D eigenvalue weighted by Gasteiger charge is -2.31. The van der Waals surface area contributed by atoms with Crippen molar-refractivity contribution < 1.29 is 19.0 Å². The molecular weight excluding hydrogens is 220 g/mol. The lowest BCUT2D eigenvalue weighted by atomic mass is 9.79. The van der Waals surface area contributed by atoms with Crippen LogP contribution in [0.15, 0.2) is 0 Å². The van der Waals surface area contributed by atoms with Gasteiger partial charge in [0.25, 0.3) is 0 Å². The number of ether oxygens (including phenoxy) is 3. The Bertz CT molecular complexity index is 391. The summed E-state index contributed by atoms with van der Waals surface area (Å²) in [6.07, 6.45) is 3.21. The molecule has 8 atom stereocenters. The molecule has 0 radical (unpaired) electrons. The van der Waals surface area contributed by atoms with Crippen LogP contribution in [0.3, 0.4) is 0 Å². The Kier molecular flexibility index (Phi) is 1.63. The van der Waals surface area contributed by atoms with E-state index in [1.165, 1.54) is 6.42 Å². The standard InChI is InChI=1S/C13H16O4/c14-11-9-5-1-7(10(9)12-13(11)17-12)8(2-5)16-4-6-3-15-6/h5-10,12-13H,1-4H2. The molecule has 0 aromatic rings. The number of fused-ring (bicyclic) bond motifs is 7. The second kappa shape index (κ2) is 2.92. The first-order chi connectivity index (χ1) is 8.33. The van der Waals surface area contributed by atoms with Crippen LogP contribution < -0.4 is 0 Å². The molecule has 0 aromatic heterocycles. The summed E-state index contributed by atoms with van der Waals surface area (Å²) in [4.78, 5) is 12.0. The third-order valence-corrected chi connectivity index (χ3v) is 5.42. The fourth-order valence-electron chi connectivity index (χ4n) is 4.64. The molecule has 2 heterocycles. The summed E-state index contributed by atoms with van der Waals surface area (Å²) >= 11 is 0. The van der Waals surface area contributed by atoms with Gasteiger partial charge in [0.05, 0.1) is 25.4 Å². The molecule has 5 fully saturated rings. The minimum Gasteiger partial charge on any atom is -0.375 e. The predicted octanol–water partition coefficient (Wildman–Crippen LogP) is 0.393. The van der Waals surface area contributed by atoms with Crippen molar-refractivity contribution in [1.82, 2.24) is 0 Å². The van der Waals surface area contributed by atoms with Crippen molar-refractivity contribution in [2.75, 3.05) is 13.2 Å². The van der Waals surface area contributed by atoms with Crippen LogP contribution in [0.5, 0.6) is 0 Å². The Balaban J connectivity index is 1.35. The van der Waals surface area contributed by atoms with Crippen LogP contribution in [0, 0.1) is 23.7 Å². The molecule has 0 amide bonds. The second-order valence-corrected chi connectivity index (χ2v) is 6.25. The van der Waals surface area contributed by atoms with Crippen LogP contribution in [0.25, 0.3) is 0 Å². The number of Topliss-reactive ketones (excluding diaryl/α,β-unsaturated/α-hetero) is 1. The van der Waals surface area contributed by atoms with E-state index in [2.05, 4.69) is 0 Å². The molecule has 92 valence electrons. The normalized spacial score (nSPS) is 61.5. The van der Waals surface area contributed by atoms with Gasteiger partial charge in [-0.3, -0.25) is 4.79 Å². The van der Waals surface area contributed by atoms with Crippen molar-refractivity contribution in [3.63, 3.8) is 0 Å². The van der Waals surface area contributed by atoms with Crippen LogP contribution >= 0.6 is 0 Å². The first kappa shape index (κ1) is 9.48. The van der Waals surface area contributed by atoms with Gasteiger partial charge in [-0.1, -0.05) is 0 Å². The third-order valence-electron chi connectivity index (χ3n) is 5.42. The average molecular weight is 236 g/mol. The highest BCUT2D eigenvalue weighted by atomic mass is 16.6. The molecule has 4 heteroatoms. The van der Waals surface area contributed by atoms with Gasteiger partial charge < -0.3 is 14.2 Å². The number of carbonyl (C=O) groups is 1. The summed E-state index contributed by atoms with van der Waals surface area (Å²) in [5.41, 5.74) is 0. The van der Waals surface area contributed by atoms with E-state index < -0.39 is 0 Å². The van der Waals surface area contributed by atoms with Crippen LogP contribution in [0.4, 0.5) is 0 Å². The van der Waals surface area contributed by atoms with Gasteiger partial charge >= 0.3 is 0 Å². The van der Waals surface area contributed by atoms with Crippen LogP contribution in [-0.2, 0) is 19.0 Å². The van der Waals surface area contributed by atoms with Gasteiger partial charge in [0.15, 0.2) is 5.78 Å². The second-order valence-electron chi connectivity index (χ2n) is 6.25. The zero-order valence-electron chi connectivity index (χ0n) is 9.58. The molecule has 4 nitrogen and oxygen atoms in total. The van der Waals surface area contributed by atoms with Crippen LogP contribution in [0.2, 0.25) is 0 Å². The predicted molar refractivity (Wildman–Crippen MR) is 56.3 cm³/mol. The molecule has 3 saturated carbocycles. The molecule has 17 heavy (non-hydrogen) atoms. The minimum atomic E-state index is -0.0270. The Morgan fingerprint density at radius 3 is 3.06 bits per heavy atom. The Labute approximate surface area is 99.6 Å². The third kappa shape index (κ3) is 1.16. The van der Waals surface area contributed by atoms with Crippen molar-refractivity contribution >= 4 is 5.78 Å². The Morgan fingerprint density at radius 2 is 2.24 bits per heavy atom. The number of carbonyl (C=O) groups excluding carboxylic acids is 1. The average Bonchev–Trinajstić information content (AvgIpc) is 3.22. The molecule has 0 spiro atoms. The molecule has 5 aliphatic rings. The van der Waals surface area contributed by atoms with Crippen molar-refractivity contribution in [2.45, 2.75) is 37.3 Å². The highest BCUT2D eigenvalue weighted by Gasteiger charge is 2.71. The van der Waals surface area contributed by atoms with E-state index in [1.54, 1.807) is 0 Å². The van der Waals surface area contributed by atoms with Crippen LogP contribution in [-0.4, -0.2) is 43.4 Å². The summed E-state index contributed by atoms with van der Waals surface area (Å²) in [5, 5.41) is 0. The maximum Gasteiger partial charge on any atom is 0.167 e. The topological polar surface area (TPSA) is 51.4 Å². The van der Waals surface area contributed by atoms with Gasteiger partial charge in [0, 0.05) is 11.8 Å². The maximum atomic E-state index is 12.0. The van der Waals surface area contributed by atoms with Gasteiger partial charge in [0.2, 0.25) is 0 Å². The van der Waals surface area contributed by atoms with E-state index in [9.17, 15) is 4.79 Å². The van der Waals surface area contributed by atoms with Crippen molar-refractivity contribution in [3.05, 3.63) is 0 Å². The monoisotopic (exact) mass is 236 g/mol.